The average Bonchev–Trinajstić information content (AvgIpc) is 3.38. The van der Waals surface area contributed by atoms with E-state index in [1.807, 2.05) is 22.7 Å². The minimum atomic E-state index is 1.13. The summed E-state index contributed by atoms with van der Waals surface area (Å²) in [5, 5.41) is 7.78. The lowest BCUT2D eigenvalue weighted by Gasteiger charge is -2.11. The summed E-state index contributed by atoms with van der Waals surface area (Å²) in [6, 6.07) is 31.2. The third kappa shape index (κ3) is 3.50. The molecule has 0 unspecified atom stereocenters. The van der Waals surface area contributed by atoms with Gasteiger partial charge in [0.2, 0.25) is 0 Å². The molecular formula is C32H20Br2S2. The van der Waals surface area contributed by atoms with Crippen molar-refractivity contribution in [3.8, 4) is 20.9 Å². The second-order valence-electron chi connectivity index (χ2n) is 9.34. The molecule has 0 bridgehead atoms. The molecule has 0 aliphatic heterocycles. The molecule has 0 spiro atoms. The van der Waals surface area contributed by atoms with Crippen molar-refractivity contribution in [2.45, 2.75) is 13.8 Å². The van der Waals surface area contributed by atoms with Crippen LogP contribution in [-0.4, -0.2) is 0 Å². The molecule has 7 aromatic rings. The summed E-state index contributed by atoms with van der Waals surface area (Å²) in [7, 11) is 0. The molecule has 0 saturated carbocycles. The number of aryl methyl sites for hydroxylation is 2. The molecule has 0 N–H and O–H groups in total. The van der Waals surface area contributed by atoms with E-state index in [2.05, 4.69) is 131 Å². The highest BCUT2D eigenvalue weighted by atomic mass is 79.9. The summed E-state index contributed by atoms with van der Waals surface area (Å²) in [6.07, 6.45) is 0. The zero-order valence-corrected chi connectivity index (χ0v) is 24.5. The van der Waals surface area contributed by atoms with Crippen LogP contribution in [0.2, 0.25) is 0 Å². The Hall–Kier alpha value is -2.50. The molecule has 0 aliphatic carbocycles. The molecule has 0 saturated heterocycles. The van der Waals surface area contributed by atoms with Gasteiger partial charge < -0.3 is 0 Å². The predicted molar refractivity (Wildman–Crippen MR) is 168 cm³/mol. The van der Waals surface area contributed by atoms with E-state index in [0.717, 1.165) is 4.47 Å². The van der Waals surface area contributed by atoms with Gasteiger partial charge in [0.15, 0.2) is 0 Å². The highest BCUT2D eigenvalue weighted by Crippen LogP contribution is 2.48. The van der Waals surface area contributed by atoms with Gasteiger partial charge in [0.25, 0.3) is 0 Å². The Morgan fingerprint density at radius 2 is 1.08 bits per heavy atom. The Balaban J connectivity index is 1.39. The first-order chi connectivity index (χ1) is 17.5. The predicted octanol–water partition coefficient (Wildman–Crippen LogP) is 11.9. The van der Waals surface area contributed by atoms with Gasteiger partial charge >= 0.3 is 0 Å². The smallest absolute Gasteiger partial charge is 0.0509 e. The Labute approximate surface area is 234 Å². The average molecular weight is 628 g/mol. The van der Waals surface area contributed by atoms with Gasteiger partial charge in [-0.25, -0.2) is 0 Å². The van der Waals surface area contributed by atoms with Gasteiger partial charge in [-0.15, -0.1) is 22.7 Å². The van der Waals surface area contributed by atoms with Gasteiger partial charge in [-0.3, -0.25) is 0 Å². The van der Waals surface area contributed by atoms with Gasteiger partial charge in [0.1, 0.15) is 0 Å². The molecule has 4 heteroatoms. The topological polar surface area (TPSA) is 0 Å². The van der Waals surface area contributed by atoms with E-state index in [1.165, 1.54) is 78.2 Å². The van der Waals surface area contributed by atoms with E-state index in [-0.39, 0.29) is 0 Å². The number of hydrogen-bond donors (Lipinski definition) is 0. The molecule has 0 atom stereocenters. The molecule has 0 radical (unpaired) electrons. The van der Waals surface area contributed by atoms with Gasteiger partial charge in [-0.2, -0.15) is 0 Å². The lowest BCUT2D eigenvalue weighted by molar-refractivity contribution is 1.45. The summed E-state index contributed by atoms with van der Waals surface area (Å²) in [4.78, 5) is 2.62. The van der Waals surface area contributed by atoms with E-state index in [0.29, 0.717) is 0 Å². The standard InChI is InChI=1S/C32H20Br2S2/c1-17-11-25(32-30(34)26-13-20-8-4-6-10-22(20)15-29(26)36-32)27(33)16-23(17)31-18(2)24-12-19-7-3-5-9-21(19)14-28(24)35-31/h3-16H,1-2H3. The van der Waals surface area contributed by atoms with E-state index < -0.39 is 0 Å². The first-order valence-corrected chi connectivity index (χ1v) is 15.0. The number of benzene rings is 5. The van der Waals surface area contributed by atoms with Crippen LogP contribution >= 0.6 is 54.5 Å². The molecule has 174 valence electrons. The van der Waals surface area contributed by atoms with Crippen molar-refractivity contribution >= 4 is 96.3 Å². The fourth-order valence-electron chi connectivity index (χ4n) is 5.19. The maximum Gasteiger partial charge on any atom is 0.0509 e. The van der Waals surface area contributed by atoms with Crippen molar-refractivity contribution in [1.82, 2.24) is 0 Å². The molecule has 0 amide bonds. The number of fused-ring (bicyclic) bond motifs is 4. The second-order valence-corrected chi connectivity index (χ2v) is 13.1. The van der Waals surface area contributed by atoms with Crippen LogP contribution in [0.25, 0.3) is 62.6 Å². The van der Waals surface area contributed by atoms with Crippen molar-refractivity contribution < 1.29 is 0 Å². The summed E-state index contributed by atoms with van der Waals surface area (Å²) in [6.45, 7) is 4.50. The van der Waals surface area contributed by atoms with Gasteiger partial charge in [0.05, 0.1) is 4.88 Å². The van der Waals surface area contributed by atoms with Crippen LogP contribution in [0.3, 0.4) is 0 Å². The molecule has 2 heterocycles. The monoisotopic (exact) mass is 626 g/mol. The lowest BCUT2D eigenvalue weighted by Crippen LogP contribution is -1.87. The Morgan fingerprint density at radius 3 is 1.72 bits per heavy atom. The Morgan fingerprint density at radius 1 is 0.556 bits per heavy atom. The molecular weight excluding hydrogens is 608 g/mol. The Bertz CT molecular complexity index is 1850. The maximum atomic E-state index is 3.95. The second kappa shape index (κ2) is 8.53. The minimum Gasteiger partial charge on any atom is -0.135 e. The van der Waals surface area contributed by atoms with E-state index in [4.69, 9.17) is 0 Å². The normalized spacial score (nSPS) is 11.9. The third-order valence-electron chi connectivity index (χ3n) is 7.10. The zero-order valence-electron chi connectivity index (χ0n) is 19.7. The van der Waals surface area contributed by atoms with Gasteiger partial charge in [0, 0.05) is 34.2 Å². The molecule has 0 fully saturated rings. The fourth-order valence-corrected chi connectivity index (χ4v) is 9.25. The first-order valence-electron chi connectivity index (χ1n) is 11.8. The summed E-state index contributed by atoms with van der Waals surface area (Å²) < 4.78 is 4.95. The van der Waals surface area contributed by atoms with Crippen molar-refractivity contribution in [2.24, 2.45) is 0 Å². The molecule has 2 aromatic heterocycles. The molecule has 0 aliphatic rings. The number of hydrogen-bond acceptors (Lipinski definition) is 2. The highest BCUT2D eigenvalue weighted by molar-refractivity contribution is 9.11. The third-order valence-corrected chi connectivity index (χ3v) is 11.3. The van der Waals surface area contributed by atoms with Crippen LogP contribution in [0.4, 0.5) is 0 Å². The Kier molecular flexibility index (Phi) is 5.37. The molecule has 0 nitrogen and oxygen atoms in total. The molecule has 7 rings (SSSR count). The van der Waals surface area contributed by atoms with Crippen LogP contribution in [0.1, 0.15) is 11.1 Å². The number of thiophene rings is 2. The van der Waals surface area contributed by atoms with E-state index in [9.17, 15) is 0 Å². The lowest BCUT2D eigenvalue weighted by atomic mass is 9.99. The van der Waals surface area contributed by atoms with Crippen LogP contribution in [0.15, 0.2) is 93.9 Å². The van der Waals surface area contributed by atoms with Gasteiger partial charge in [-0.05, 0) is 110 Å². The summed E-state index contributed by atoms with van der Waals surface area (Å²) >= 11 is 11.6. The largest absolute Gasteiger partial charge is 0.135 e. The summed E-state index contributed by atoms with van der Waals surface area (Å²) in [5.41, 5.74) is 5.19. The van der Waals surface area contributed by atoms with Crippen molar-refractivity contribution in [2.75, 3.05) is 0 Å². The highest BCUT2D eigenvalue weighted by Gasteiger charge is 2.19. The quantitative estimate of drug-likeness (QED) is 0.179. The first kappa shape index (κ1) is 22.7. The van der Waals surface area contributed by atoms with Crippen molar-refractivity contribution in [3.63, 3.8) is 0 Å². The van der Waals surface area contributed by atoms with E-state index in [1.54, 1.807) is 0 Å². The van der Waals surface area contributed by atoms with Crippen molar-refractivity contribution in [1.29, 1.82) is 0 Å². The van der Waals surface area contributed by atoms with Crippen molar-refractivity contribution in [3.05, 3.63) is 105 Å². The van der Waals surface area contributed by atoms with Crippen LogP contribution < -0.4 is 0 Å². The maximum absolute atomic E-state index is 3.95. The van der Waals surface area contributed by atoms with Crippen LogP contribution in [0, 0.1) is 13.8 Å². The van der Waals surface area contributed by atoms with E-state index >= 15 is 0 Å². The van der Waals surface area contributed by atoms with Crippen LogP contribution in [0.5, 0.6) is 0 Å². The molecule has 36 heavy (non-hydrogen) atoms. The minimum absolute atomic E-state index is 1.13. The SMILES string of the molecule is Cc1cc(-c2sc3cc4ccccc4cc3c2Br)c(Br)cc1-c1sc2cc3ccccc3cc2c1C. The fraction of sp³-hybridized carbons (Fsp3) is 0.0625. The zero-order chi connectivity index (χ0) is 24.6. The number of halogens is 2. The summed E-state index contributed by atoms with van der Waals surface area (Å²) in [5.74, 6) is 0. The van der Waals surface area contributed by atoms with Gasteiger partial charge in [-0.1, -0.05) is 64.5 Å². The van der Waals surface area contributed by atoms with Crippen LogP contribution in [-0.2, 0) is 0 Å². The number of rotatable bonds is 2. The molecule has 5 aromatic carbocycles.